The smallest absolute Gasteiger partial charge is 0.270 e. The number of nitrogens with zero attached hydrogens (tertiary/aromatic N) is 3. The molecule has 0 spiro atoms. The molecule has 1 N–H and O–H groups in total. The van der Waals surface area contributed by atoms with Crippen LogP contribution in [0.4, 0.5) is 5.82 Å². The number of anilines is 1. The first-order valence-corrected chi connectivity index (χ1v) is 8.69. The van der Waals surface area contributed by atoms with Crippen LogP contribution >= 0.6 is 43.6 Å². The van der Waals surface area contributed by atoms with Crippen LogP contribution in [0.15, 0.2) is 44.6 Å². The third-order valence-electron chi connectivity index (χ3n) is 2.59. The lowest BCUT2D eigenvalue weighted by Gasteiger charge is -2.20. The van der Waals surface area contributed by atoms with E-state index < -0.39 is 0 Å². The Balaban J connectivity index is 2.20. The number of hydrogen-bond donors (Lipinski definition) is 1. The van der Waals surface area contributed by atoms with E-state index in [4.69, 9.17) is 0 Å². The zero-order valence-corrected chi connectivity index (χ0v) is 15.3. The first kappa shape index (κ1) is 16.3. The van der Waals surface area contributed by atoms with Gasteiger partial charge in [0.2, 0.25) is 0 Å². The molecular formula is C13H12Br2N4OS. The van der Waals surface area contributed by atoms with Crippen molar-refractivity contribution >= 4 is 55.3 Å². The Labute approximate surface area is 143 Å². The quantitative estimate of drug-likeness (QED) is 0.456. The maximum Gasteiger partial charge on any atom is 0.270 e. The minimum atomic E-state index is -0.221. The first-order valence-electron chi connectivity index (χ1n) is 5.88. The predicted octanol–water partition coefficient (Wildman–Crippen LogP) is 3.50. The number of benzene rings is 1. The Kier molecular flexibility index (Phi) is 5.60. The van der Waals surface area contributed by atoms with Crippen molar-refractivity contribution in [1.82, 2.24) is 15.4 Å². The molecule has 0 aliphatic carbocycles. The summed E-state index contributed by atoms with van der Waals surface area (Å²) in [5, 5.41) is 2.20. The van der Waals surface area contributed by atoms with Gasteiger partial charge < -0.3 is 0 Å². The molecule has 1 aromatic carbocycles. The summed E-state index contributed by atoms with van der Waals surface area (Å²) in [6.45, 7) is 0. The molecule has 0 radical (unpaired) electrons. The molecule has 0 aliphatic rings. The van der Waals surface area contributed by atoms with Crippen LogP contribution in [0, 0.1) is 0 Å². The summed E-state index contributed by atoms with van der Waals surface area (Å²) in [6.07, 6.45) is 3.56. The van der Waals surface area contributed by atoms with E-state index in [-0.39, 0.29) is 5.91 Å². The number of amides is 1. The molecule has 1 aromatic heterocycles. The second kappa shape index (κ2) is 7.24. The Morgan fingerprint density at radius 1 is 1.29 bits per heavy atom. The number of halogens is 2. The molecule has 21 heavy (non-hydrogen) atoms. The summed E-state index contributed by atoms with van der Waals surface area (Å²) in [4.78, 5) is 20.8. The van der Waals surface area contributed by atoms with Gasteiger partial charge in [0.25, 0.3) is 5.91 Å². The lowest BCUT2D eigenvalue weighted by molar-refractivity contribution is 0.0950. The highest BCUT2D eigenvalue weighted by Gasteiger charge is 2.15. The topological polar surface area (TPSA) is 58.1 Å². The number of aromatic nitrogens is 2. The fourth-order valence-electron chi connectivity index (χ4n) is 1.59. The Bertz CT molecular complexity index is 668. The minimum absolute atomic E-state index is 0.221. The van der Waals surface area contributed by atoms with Gasteiger partial charge in [-0.1, -0.05) is 23.9 Å². The van der Waals surface area contributed by atoms with Crippen LogP contribution in [0.3, 0.4) is 0 Å². The summed E-state index contributed by atoms with van der Waals surface area (Å²) in [7, 11) is 1.73. The van der Waals surface area contributed by atoms with E-state index in [0.717, 1.165) is 4.47 Å². The molecule has 0 saturated carbocycles. The zero-order valence-electron chi connectivity index (χ0n) is 11.3. The Morgan fingerprint density at radius 2 is 2.00 bits per heavy atom. The maximum absolute atomic E-state index is 12.3. The molecule has 0 fully saturated rings. The van der Waals surface area contributed by atoms with Gasteiger partial charge in [0.05, 0.1) is 10.0 Å². The van der Waals surface area contributed by atoms with Gasteiger partial charge in [-0.05, 0) is 50.2 Å². The average Bonchev–Trinajstić information content (AvgIpc) is 2.48. The van der Waals surface area contributed by atoms with Crippen molar-refractivity contribution < 1.29 is 4.79 Å². The number of carbonyl (C=O) groups excluding carboxylic acids is 1. The highest BCUT2D eigenvalue weighted by molar-refractivity contribution is 9.11. The molecule has 0 aliphatic heterocycles. The molecule has 1 heterocycles. The van der Waals surface area contributed by atoms with E-state index in [1.54, 1.807) is 24.3 Å². The monoisotopic (exact) mass is 430 g/mol. The van der Waals surface area contributed by atoms with Crippen molar-refractivity contribution in [2.24, 2.45) is 0 Å². The normalized spacial score (nSPS) is 10.3. The molecular weight excluding hydrogens is 420 g/mol. The van der Waals surface area contributed by atoms with Crippen LogP contribution in [-0.2, 0) is 0 Å². The summed E-state index contributed by atoms with van der Waals surface area (Å²) < 4.78 is 1.44. The van der Waals surface area contributed by atoms with E-state index in [9.17, 15) is 4.79 Å². The number of carbonyl (C=O) groups is 1. The van der Waals surface area contributed by atoms with Gasteiger partial charge in [0, 0.05) is 17.7 Å². The van der Waals surface area contributed by atoms with Gasteiger partial charge in [-0.2, -0.15) is 0 Å². The van der Waals surface area contributed by atoms with E-state index in [0.29, 0.717) is 21.0 Å². The maximum atomic E-state index is 12.3. The van der Waals surface area contributed by atoms with E-state index in [2.05, 4.69) is 47.3 Å². The molecule has 0 bridgehead atoms. The van der Waals surface area contributed by atoms with Crippen LogP contribution in [0.25, 0.3) is 0 Å². The first-order chi connectivity index (χ1) is 10.0. The second-order valence-corrected chi connectivity index (χ2v) is 6.49. The standard InChI is InChI=1S/C13H12Br2N4OS/c1-19(11-10(15)7-16-13(17-11)21-2)18-12(20)8-5-3-4-6-9(8)14/h3-7H,1-2H3,(H,18,20). The molecule has 110 valence electrons. The molecule has 8 heteroatoms. The molecule has 2 rings (SSSR count). The van der Waals surface area contributed by atoms with Gasteiger partial charge in [0.15, 0.2) is 11.0 Å². The lowest BCUT2D eigenvalue weighted by atomic mass is 10.2. The van der Waals surface area contributed by atoms with Gasteiger partial charge in [-0.25, -0.2) is 9.97 Å². The summed E-state index contributed by atoms with van der Waals surface area (Å²) in [5.41, 5.74) is 3.34. The number of nitrogens with one attached hydrogen (secondary N) is 1. The molecule has 1 amide bonds. The highest BCUT2D eigenvalue weighted by Crippen LogP contribution is 2.24. The van der Waals surface area contributed by atoms with Crippen LogP contribution in [0.1, 0.15) is 10.4 Å². The molecule has 0 saturated heterocycles. The van der Waals surface area contributed by atoms with E-state index >= 15 is 0 Å². The number of hydrazine groups is 1. The third kappa shape index (κ3) is 3.96. The van der Waals surface area contributed by atoms with Crippen molar-refractivity contribution in [1.29, 1.82) is 0 Å². The van der Waals surface area contributed by atoms with E-state index in [1.165, 1.54) is 11.8 Å². The van der Waals surface area contributed by atoms with Gasteiger partial charge in [-0.3, -0.25) is 15.2 Å². The lowest BCUT2D eigenvalue weighted by Crippen LogP contribution is -2.40. The van der Waals surface area contributed by atoms with Crippen LogP contribution in [0.5, 0.6) is 0 Å². The molecule has 0 unspecified atom stereocenters. The predicted molar refractivity (Wildman–Crippen MR) is 91.5 cm³/mol. The second-order valence-electron chi connectivity index (χ2n) is 4.01. The largest absolute Gasteiger partial charge is 0.270 e. The highest BCUT2D eigenvalue weighted by atomic mass is 79.9. The number of rotatable bonds is 4. The zero-order chi connectivity index (χ0) is 15.4. The Morgan fingerprint density at radius 3 is 2.67 bits per heavy atom. The third-order valence-corrected chi connectivity index (χ3v) is 4.40. The Hall–Kier alpha value is -1.12. The van der Waals surface area contributed by atoms with Crippen molar-refractivity contribution in [3.8, 4) is 0 Å². The molecule has 2 aromatic rings. The fraction of sp³-hybridized carbons (Fsp3) is 0.154. The van der Waals surface area contributed by atoms with Crippen molar-refractivity contribution in [3.05, 3.63) is 45.0 Å². The van der Waals surface area contributed by atoms with Crippen molar-refractivity contribution in [2.75, 3.05) is 18.3 Å². The van der Waals surface area contributed by atoms with Crippen LogP contribution in [0.2, 0.25) is 0 Å². The van der Waals surface area contributed by atoms with Crippen LogP contribution < -0.4 is 10.4 Å². The van der Waals surface area contributed by atoms with Crippen LogP contribution in [-0.4, -0.2) is 29.2 Å². The molecule has 5 nitrogen and oxygen atoms in total. The van der Waals surface area contributed by atoms with Gasteiger partial charge in [0.1, 0.15) is 0 Å². The molecule has 0 atom stereocenters. The summed E-state index contributed by atoms with van der Waals surface area (Å²) >= 11 is 8.18. The minimum Gasteiger partial charge on any atom is -0.270 e. The van der Waals surface area contributed by atoms with Crippen molar-refractivity contribution in [2.45, 2.75) is 5.16 Å². The summed E-state index contributed by atoms with van der Waals surface area (Å²) in [5.74, 6) is 0.371. The average molecular weight is 432 g/mol. The summed E-state index contributed by atoms with van der Waals surface area (Å²) in [6, 6.07) is 7.24. The number of hydrogen-bond acceptors (Lipinski definition) is 5. The van der Waals surface area contributed by atoms with Gasteiger partial charge >= 0.3 is 0 Å². The fourth-order valence-corrected chi connectivity index (χ4v) is 2.84. The van der Waals surface area contributed by atoms with Gasteiger partial charge in [-0.15, -0.1) is 0 Å². The SMILES string of the molecule is CSc1ncc(Br)c(N(C)NC(=O)c2ccccc2Br)n1. The number of thioether (sulfide) groups is 1. The van der Waals surface area contributed by atoms with E-state index in [1.807, 2.05) is 24.5 Å². The van der Waals surface area contributed by atoms with Crippen molar-refractivity contribution in [3.63, 3.8) is 0 Å².